The minimum Gasteiger partial charge on any atom is -0.495 e. The molecule has 0 aliphatic carbocycles. The summed E-state index contributed by atoms with van der Waals surface area (Å²) in [4.78, 5) is 0. The highest BCUT2D eigenvalue weighted by atomic mass is 32.1. The highest BCUT2D eigenvalue weighted by Crippen LogP contribution is 2.25. The van der Waals surface area contributed by atoms with Crippen molar-refractivity contribution in [3.05, 3.63) is 84.1 Å². The van der Waals surface area contributed by atoms with Crippen LogP contribution in [0.15, 0.2) is 72.9 Å². The molecule has 2 N–H and O–H groups in total. The van der Waals surface area contributed by atoms with Crippen molar-refractivity contribution < 1.29 is 4.74 Å². The molecule has 0 atom stereocenters. The van der Waals surface area contributed by atoms with E-state index in [0.29, 0.717) is 17.5 Å². The Balaban J connectivity index is 1.45. The first kappa shape index (κ1) is 19.0. The predicted molar refractivity (Wildman–Crippen MR) is 123 cm³/mol. The van der Waals surface area contributed by atoms with Crippen LogP contribution >= 0.6 is 12.2 Å². The second-order valence-electron chi connectivity index (χ2n) is 6.82. The van der Waals surface area contributed by atoms with Crippen LogP contribution in [-0.4, -0.2) is 22.0 Å². The molecule has 0 aliphatic rings. The summed E-state index contributed by atoms with van der Waals surface area (Å²) in [5.74, 6) is 1.43. The van der Waals surface area contributed by atoms with Crippen LogP contribution in [0.3, 0.4) is 0 Å². The van der Waals surface area contributed by atoms with E-state index in [9.17, 15) is 0 Å². The Morgan fingerprint density at radius 3 is 2.72 bits per heavy atom. The highest BCUT2D eigenvalue weighted by molar-refractivity contribution is 7.80. The summed E-state index contributed by atoms with van der Waals surface area (Å²) in [5.41, 5.74) is 3.17. The maximum absolute atomic E-state index is 5.44. The van der Waals surface area contributed by atoms with Crippen molar-refractivity contribution in [1.82, 2.24) is 9.78 Å². The zero-order chi connectivity index (χ0) is 20.2. The van der Waals surface area contributed by atoms with E-state index in [1.807, 2.05) is 42.1 Å². The van der Waals surface area contributed by atoms with E-state index in [1.165, 1.54) is 16.3 Å². The molecule has 4 aromatic rings. The number of aromatic nitrogens is 2. The van der Waals surface area contributed by atoms with Crippen molar-refractivity contribution in [3.63, 3.8) is 0 Å². The summed E-state index contributed by atoms with van der Waals surface area (Å²) < 4.78 is 7.29. The third-order valence-corrected chi connectivity index (χ3v) is 4.90. The molecule has 0 aliphatic heterocycles. The summed E-state index contributed by atoms with van der Waals surface area (Å²) in [6.07, 6.45) is 1.94. The molecule has 5 nitrogen and oxygen atoms in total. The maximum atomic E-state index is 5.44. The van der Waals surface area contributed by atoms with Gasteiger partial charge in [0.05, 0.1) is 19.3 Å². The molecule has 0 bridgehead atoms. The standard InChI is InChI=1S/C23H22N4OS/c1-16-10-11-21(28-2)20(14-16)24-23(29)25-22-12-13-27(26-22)15-18-8-5-7-17-6-3-4-9-19(17)18/h3-14H,15H2,1-2H3,(H2,24,25,26,29). The average Bonchev–Trinajstić information content (AvgIpc) is 3.15. The first-order valence-corrected chi connectivity index (χ1v) is 9.76. The SMILES string of the molecule is COc1ccc(C)cc1NC(=S)Nc1ccn(Cc2cccc3ccccc23)n1. The van der Waals surface area contributed by atoms with Gasteiger partial charge in [-0.05, 0) is 53.2 Å². The number of fused-ring (bicyclic) bond motifs is 1. The summed E-state index contributed by atoms with van der Waals surface area (Å²) in [7, 11) is 1.64. The molecule has 0 spiro atoms. The lowest BCUT2D eigenvalue weighted by molar-refractivity contribution is 0.417. The molecule has 3 aromatic carbocycles. The van der Waals surface area contributed by atoms with Crippen LogP contribution in [0.5, 0.6) is 5.75 Å². The smallest absolute Gasteiger partial charge is 0.176 e. The van der Waals surface area contributed by atoms with Crippen LogP contribution in [0, 0.1) is 6.92 Å². The molecule has 146 valence electrons. The lowest BCUT2D eigenvalue weighted by atomic mass is 10.0. The predicted octanol–water partition coefficient (Wildman–Crippen LogP) is 5.21. The number of hydrogen-bond donors (Lipinski definition) is 2. The third-order valence-electron chi connectivity index (χ3n) is 4.70. The van der Waals surface area contributed by atoms with Crippen LogP contribution < -0.4 is 15.4 Å². The van der Waals surface area contributed by atoms with Crippen LogP contribution in [0.1, 0.15) is 11.1 Å². The van der Waals surface area contributed by atoms with Gasteiger partial charge in [-0.15, -0.1) is 0 Å². The van der Waals surface area contributed by atoms with Crippen molar-refractivity contribution in [2.24, 2.45) is 0 Å². The Bertz CT molecular complexity index is 1160. The first-order chi connectivity index (χ1) is 14.1. The first-order valence-electron chi connectivity index (χ1n) is 9.35. The number of methoxy groups -OCH3 is 1. The minimum atomic E-state index is 0.462. The molecule has 0 saturated heterocycles. The molecule has 0 radical (unpaired) electrons. The fourth-order valence-electron chi connectivity index (χ4n) is 3.31. The normalized spacial score (nSPS) is 10.7. The zero-order valence-corrected chi connectivity index (χ0v) is 17.2. The van der Waals surface area contributed by atoms with Gasteiger partial charge in [-0.1, -0.05) is 48.5 Å². The lowest BCUT2D eigenvalue weighted by Gasteiger charge is -2.13. The molecule has 0 amide bonds. The van der Waals surface area contributed by atoms with Crippen molar-refractivity contribution in [1.29, 1.82) is 0 Å². The average molecular weight is 403 g/mol. The van der Waals surface area contributed by atoms with Gasteiger partial charge in [-0.25, -0.2) is 0 Å². The fraction of sp³-hybridized carbons (Fsp3) is 0.130. The maximum Gasteiger partial charge on any atom is 0.176 e. The minimum absolute atomic E-state index is 0.462. The van der Waals surface area contributed by atoms with Crippen LogP contribution in [0.4, 0.5) is 11.5 Å². The second kappa shape index (κ2) is 8.32. The Kier molecular flexibility index (Phi) is 5.44. The van der Waals surface area contributed by atoms with Gasteiger partial charge in [0.25, 0.3) is 0 Å². The van der Waals surface area contributed by atoms with Gasteiger partial charge in [-0.3, -0.25) is 4.68 Å². The molecule has 1 heterocycles. The van der Waals surface area contributed by atoms with Crippen molar-refractivity contribution in [3.8, 4) is 5.75 Å². The van der Waals surface area contributed by atoms with Crippen LogP contribution in [0.25, 0.3) is 10.8 Å². The van der Waals surface area contributed by atoms with Crippen molar-refractivity contribution in [2.45, 2.75) is 13.5 Å². The van der Waals surface area contributed by atoms with Crippen LogP contribution in [-0.2, 0) is 6.54 Å². The third kappa shape index (κ3) is 4.38. The van der Waals surface area contributed by atoms with Gasteiger partial charge in [0.15, 0.2) is 10.9 Å². The molecular formula is C23H22N4OS. The number of benzene rings is 3. The van der Waals surface area contributed by atoms with E-state index in [4.69, 9.17) is 17.0 Å². The Morgan fingerprint density at radius 2 is 1.86 bits per heavy atom. The fourth-order valence-corrected chi connectivity index (χ4v) is 3.53. The molecule has 4 rings (SSSR count). The van der Waals surface area contributed by atoms with Gasteiger partial charge in [0.2, 0.25) is 0 Å². The van der Waals surface area contributed by atoms with Gasteiger partial charge in [-0.2, -0.15) is 5.10 Å². The number of thiocarbonyl (C=S) groups is 1. The molecule has 0 saturated carbocycles. The summed E-state index contributed by atoms with van der Waals surface area (Å²) >= 11 is 5.44. The summed E-state index contributed by atoms with van der Waals surface area (Å²) in [5, 5.41) is 13.8. The molecule has 29 heavy (non-hydrogen) atoms. The number of rotatable bonds is 5. The van der Waals surface area contributed by atoms with E-state index >= 15 is 0 Å². The number of anilines is 2. The van der Waals surface area contributed by atoms with Crippen molar-refractivity contribution >= 4 is 39.6 Å². The second-order valence-corrected chi connectivity index (χ2v) is 7.23. The van der Waals surface area contributed by atoms with Gasteiger partial charge in [0.1, 0.15) is 5.75 Å². The number of aryl methyl sites for hydroxylation is 1. The molecule has 1 aromatic heterocycles. The number of ether oxygens (including phenoxy) is 1. The quantitative estimate of drug-likeness (QED) is 0.449. The highest BCUT2D eigenvalue weighted by Gasteiger charge is 2.08. The number of nitrogens with one attached hydrogen (secondary N) is 2. The van der Waals surface area contributed by atoms with E-state index in [2.05, 4.69) is 58.2 Å². The number of hydrogen-bond acceptors (Lipinski definition) is 3. The lowest BCUT2D eigenvalue weighted by Crippen LogP contribution is -2.20. The largest absolute Gasteiger partial charge is 0.495 e. The molecule has 0 unspecified atom stereocenters. The van der Waals surface area contributed by atoms with Crippen LogP contribution in [0.2, 0.25) is 0 Å². The molecular weight excluding hydrogens is 380 g/mol. The topological polar surface area (TPSA) is 51.1 Å². The number of nitrogens with zero attached hydrogens (tertiary/aromatic N) is 2. The summed E-state index contributed by atoms with van der Waals surface area (Å²) in [6, 6.07) is 22.5. The zero-order valence-electron chi connectivity index (χ0n) is 16.3. The van der Waals surface area contributed by atoms with E-state index in [-0.39, 0.29) is 0 Å². The Hall–Kier alpha value is -3.38. The summed E-state index contributed by atoms with van der Waals surface area (Å²) in [6.45, 7) is 2.71. The molecule has 0 fully saturated rings. The van der Waals surface area contributed by atoms with E-state index in [0.717, 1.165) is 17.0 Å². The Labute approximate surface area is 175 Å². The van der Waals surface area contributed by atoms with Gasteiger partial charge >= 0.3 is 0 Å². The molecule has 6 heteroatoms. The Morgan fingerprint density at radius 1 is 1.03 bits per heavy atom. The van der Waals surface area contributed by atoms with Gasteiger partial charge < -0.3 is 15.4 Å². The van der Waals surface area contributed by atoms with E-state index in [1.54, 1.807) is 7.11 Å². The van der Waals surface area contributed by atoms with Gasteiger partial charge in [0, 0.05) is 12.3 Å². The monoisotopic (exact) mass is 402 g/mol. The van der Waals surface area contributed by atoms with E-state index < -0.39 is 0 Å². The van der Waals surface area contributed by atoms with Crippen molar-refractivity contribution in [2.75, 3.05) is 17.7 Å².